The van der Waals surface area contributed by atoms with Crippen molar-refractivity contribution >= 4 is 40.9 Å². The van der Waals surface area contributed by atoms with E-state index in [1.807, 2.05) is 13.0 Å². The first-order valence-electron chi connectivity index (χ1n) is 5.52. The Bertz CT molecular complexity index is 482. The molecule has 19 heavy (non-hydrogen) atoms. The van der Waals surface area contributed by atoms with Gasteiger partial charge in [0.05, 0.1) is 5.75 Å². The van der Waals surface area contributed by atoms with Gasteiger partial charge in [0, 0.05) is 16.5 Å². The smallest absolute Gasteiger partial charge is 0.321 e. The Morgan fingerprint density at radius 2 is 2.21 bits per heavy atom. The van der Waals surface area contributed by atoms with Gasteiger partial charge in [0.15, 0.2) is 0 Å². The number of hydrogen-bond donors (Lipinski definition) is 3. The number of rotatable bonds is 6. The van der Waals surface area contributed by atoms with Crippen LogP contribution in [0.3, 0.4) is 0 Å². The number of aliphatic carboxylic acids is 1. The predicted octanol–water partition coefficient (Wildman–Crippen LogP) is 1.73. The van der Waals surface area contributed by atoms with E-state index in [0.717, 1.165) is 5.56 Å². The van der Waals surface area contributed by atoms with Gasteiger partial charge in [-0.05, 0) is 24.6 Å². The summed E-state index contributed by atoms with van der Waals surface area (Å²) in [5.41, 5.74) is 6.89. The summed E-state index contributed by atoms with van der Waals surface area (Å²) in [5.74, 6) is -0.948. The summed E-state index contributed by atoms with van der Waals surface area (Å²) in [5, 5.41) is 11.9. The lowest BCUT2D eigenvalue weighted by molar-refractivity contribution is -0.137. The molecular weight excluding hydrogens is 288 g/mol. The Hall–Kier alpha value is -1.24. The van der Waals surface area contributed by atoms with E-state index in [-0.39, 0.29) is 17.4 Å². The Balaban J connectivity index is 2.43. The summed E-state index contributed by atoms with van der Waals surface area (Å²) in [4.78, 5) is 22.2. The molecule has 0 saturated heterocycles. The maximum absolute atomic E-state index is 11.7. The second-order valence-corrected chi connectivity index (χ2v) is 5.43. The van der Waals surface area contributed by atoms with Gasteiger partial charge < -0.3 is 16.2 Å². The summed E-state index contributed by atoms with van der Waals surface area (Å²) >= 11 is 7.02. The third-order valence-corrected chi connectivity index (χ3v) is 3.62. The SMILES string of the molecule is Cc1ccc(Cl)cc1NC(=O)CSC[C@@H](N)C(=O)O. The monoisotopic (exact) mass is 302 g/mol. The molecule has 0 spiro atoms. The number of thioether (sulfide) groups is 1. The van der Waals surface area contributed by atoms with Crippen LogP contribution in [0.15, 0.2) is 18.2 Å². The van der Waals surface area contributed by atoms with Crippen molar-refractivity contribution in [2.75, 3.05) is 16.8 Å². The highest BCUT2D eigenvalue weighted by molar-refractivity contribution is 8.00. The maximum Gasteiger partial charge on any atom is 0.321 e. The number of carboxylic acids is 1. The molecule has 0 radical (unpaired) electrons. The Morgan fingerprint density at radius 1 is 1.53 bits per heavy atom. The molecule has 104 valence electrons. The minimum Gasteiger partial charge on any atom is -0.480 e. The molecular formula is C12H15ClN2O3S. The van der Waals surface area contributed by atoms with Gasteiger partial charge in [-0.2, -0.15) is 0 Å². The highest BCUT2D eigenvalue weighted by Gasteiger charge is 2.12. The lowest BCUT2D eigenvalue weighted by Crippen LogP contribution is -2.33. The topological polar surface area (TPSA) is 92.4 Å². The predicted molar refractivity (Wildman–Crippen MR) is 77.8 cm³/mol. The first-order chi connectivity index (χ1) is 8.90. The molecule has 1 atom stereocenters. The molecule has 1 aromatic carbocycles. The molecule has 0 fully saturated rings. The fourth-order valence-electron chi connectivity index (χ4n) is 1.27. The first-order valence-corrected chi connectivity index (χ1v) is 7.05. The lowest BCUT2D eigenvalue weighted by atomic mass is 10.2. The molecule has 0 unspecified atom stereocenters. The third kappa shape index (κ3) is 5.50. The van der Waals surface area contributed by atoms with Crippen molar-refractivity contribution in [3.63, 3.8) is 0 Å². The van der Waals surface area contributed by atoms with Crippen LogP contribution in [0.5, 0.6) is 0 Å². The van der Waals surface area contributed by atoms with Crippen molar-refractivity contribution in [3.05, 3.63) is 28.8 Å². The van der Waals surface area contributed by atoms with Gasteiger partial charge in [-0.1, -0.05) is 17.7 Å². The van der Waals surface area contributed by atoms with Gasteiger partial charge in [0.1, 0.15) is 6.04 Å². The largest absolute Gasteiger partial charge is 0.480 e. The number of nitrogens with one attached hydrogen (secondary N) is 1. The van der Waals surface area contributed by atoms with E-state index in [4.69, 9.17) is 22.4 Å². The number of carbonyl (C=O) groups excluding carboxylic acids is 1. The third-order valence-electron chi connectivity index (χ3n) is 2.32. The van der Waals surface area contributed by atoms with E-state index < -0.39 is 12.0 Å². The number of amides is 1. The van der Waals surface area contributed by atoms with Crippen molar-refractivity contribution in [2.45, 2.75) is 13.0 Å². The fourth-order valence-corrected chi connectivity index (χ4v) is 2.21. The summed E-state index contributed by atoms with van der Waals surface area (Å²) in [6.07, 6.45) is 0. The van der Waals surface area contributed by atoms with Crippen molar-refractivity contribution in [3.8, 4) is 0 Å². The second kappa shape index (κ2) is 7.37. The Morgan fingerprint density at radius 3 is 2.84 bits per heavy atom. The van der Waals surface area contributed by atoms with Crippen LogP contribution in [0.2, 0.25) is 5.02 Å². The van der Waals surface area contributed by atoms with Crippen molar-refractivity contribution in [1.82, 2.24) is 0 Å². The van der Waals surface area contributed by atoms with E-state index in [1.165, 1.54) is 11.8 Å². The quantitative estimate of drug-likeness (QED) is 0.744. The molecule has 7 heteroatoms. The van der Waals surface area contributed by atoms with Crippen molar-refractivity contribution < 1.29 is 14.7 Å². The maximum atomic E-state index is 11.7. The minimum atomic E-state index is -1.07. The molecule has 0 aromatic heterocycles. The number of benzene rings is 1. The van der Waals surface area contributed by atoms with Gasteiger partial charge >= 0.3 is 5.97 Å². The van der Waals surface area contributed by atoms with E-state index in [1.54, 1.807) is 12.1 Å². The normalized spacial score (nSPS) is 11.9. The summed E-state index contributed by atoms with van der Waals surface area (Å²) < 4.78 is 0. The van der Waals surface area contributed by atoms with Crippen LogP contribution in [0.1, 0.15) is 5.56 Å². The number of halogens is 1. The highest BCUT2D eigenvalue weighted by atomic mass is 35.5. The van der Waals surface area contributed by atoms with Crippen LogP contribution >= 0.6 is 23.4 Å². The van der Waals surface area contributed by atoms with Crippen LogP contribution in [-0.4, -0.2) is 34.5 Å². The molecule has 0 aliphatic heterocycles. The first kappa shape index (κ1) is 15.8. The molecule has 4 N–H and O–H groups in total. The molecule has 1 amide bonds. The molecule has 0 aliphatic rings. The molecule has 0 heterocycles. The fraction of sp³-hybridized carbons (Fsp3) is 0.333. The van der Waals surface area contributed by atoms with Gasteiger partial charge in [-0.3, -0.25) is 9.59 Å². The number of carbonyl (C=O) groups is 2. The van der Waals surface area contributed by atoms with Crippen molar-refractivity contribution in [1.29, 1.82) is 0 Å². The van der Waals surface area contributed by atoms with E-state index in [2.05, 4.69) is 5.32 Å². The number of aryl methyl sites for hydroxylation is 1. The lowest BCUT2D eigenvalue weighted by Gasteiger charge is -2.09. The number of hydrogen-bond acceptors (Lipinski definition) is 4. The molecule has 0 aliphatic carbocycles. The Labute approximate surface area is 120 Å². The zero-order valence-corrected chi connectivity index (χ0v) is 11.9. The molecule has 0 bridgehead atoms. The van der Waals surface area contributed by atoms with E-state index in [9.17, 15) is 9.59 Å². The average Bonchev–Trinajstić information content (AvgIpc) is 2.33. The minimum absolute atomic E-state index is 0.146. The molecule has 0 saturated carbocycles. The van der Waals surface area contributed by atoms with Crippen LogP contribution in [0.4, 0.5) is 5.69 Å². The van der Waals surface area contributed by atoms with Crippen LogP contribution in [0, 0.1) is 6.92 Å². The second-order valence-electron chi connectivity index (χ2n) is 3.97. The zero-order valence-electron chi connectivity index (χ0n) is 10.4. The Kier molecular flexibility index (Phi) is 6.14. The summed E-state index contributed by atoms with van der Waals surface area (Å²) in [6.45, 7) is 1.86. The van der Waals surface area contributed by atoms with Crippen LogP contribution in [-0.2, 0) is 9.59 Å². The molecule has 1 rings (SSSR count). The number of carboxylic acid groups (broad SMARTS) is 1. The highest BCUT2D eigenvalue weighted by Crippen LogP contribution is 2.20. The number of anilines is 1. The van der Waals surface area contributed by atoms with E-state index >= 15 is 0 Å². The van der Waals surface area contributed by atoms with Crippen LogP contribution in [0.25, 0.3) is 0 Å². The molecule has 1 aromatic rings. The van der Waals surface area contributed by atoms with Gasteiger partial charge in [0.25, 0.3) is 0 Å². The number of nitrogens with two attached hydrogens (primary N) is 1. The van der Waals surface area contributed by atoms with Gasteiger partial charge in [-0.25, -0.2) is 0 Å². The van der Waals surface area contributed by atoms with Crippen molar-refractivity contribution in [2.24, 2.45) is 5.73 Å². The zero-order chi connectivity index (χ0) is 14.4. The average molecular weight is 303 g/mol. The standard InChI is InChI=1S/C12H15ClN2O3S/c1-7-2-3-8(13)4-10(7)15-11(16)6-19-5-9(14)12(17)18/h2-4,9H,5-6,14H2,1H3,(H,15,16)(H,17,18)/t9-/m1/s1. The van der Waals surface area contributed by atoms with Gasteiger partial charge in [0.2, 0.25) is 5.91 Å². The van der Waals surface area contributed by atoms with Crippen LogP contribution < -0.4 is 11.1 Å². The van der Waals surface area contributed by atoms with Gasteiger partial charge in [-0.15, -0.1) is 11.8 Å². The summed E-state index contributed by atoms with van der Waals surface area (Å²) in [7, 11) is 0. The summed E-state index contributed by atoms with van der Waals surface area (Å²) in [6, 6.07) is 4.27. The van der Waals surface area contributed by atoms with E-state index in [0.29, 0.717) is 10.7 Å². The molecule has 5 nitrogen and oxygen atoms in total.